The summed E-state index contributed by atoms with van der Waals surface area (Å²) in [7, 11) is 0. The fraction of sp³-hybridized carbons (Fsp3) is 0.385. The van der Waals surface area contributed by atoms with Gasteiger partial charge >= 0.3 is 0 Å². The van der Waals surface area contributed by atoms with Crippen LogP contribution >= 0.6 is 11.5 Å². The van der Waals surface area contributed by atoms with E-state index >= 15 is 0 Å². The number of hydrogen-bond donors (Lipinski definition) is 2. The predicted octanol–water partition coefficient (Wildman–Crippen LogP) is 2.51. The van der Waals surface area contributed by atoms with E-state index in [0.717, 1.165) is 22.4 Å². The molecule has 3 N–H and O–H groups in total. The van der Waals surface area contributed by atoms with Crippen molar-refractivity contribution in [2.75, 3.05) is 18.0 Å². The Labute approximate surface area is 116 Å². The topological polar surface area (TPSA) is 74.7 Å². The summed E-state index contributed by atoms with van der Waals surface area (Å²) in [6.45, 7) is 5.60. The molecule has 0 fully saturated rings. The van der Waals surface area contributed by atoms with Crippen LogP contribution in [0.15, 0.2) is 29.4 Å². The largest absolute Gasteiger partial charge is 0.409 e. The monoisotopic (exact) mass is 278 g/mol. The summed E-state index contributed by atoms with van der Waals surface area (Å²) in [4.78, 5) is 2.21. The Hall–Kier alpha value is -1.82. The maximum atomic E-state index is 8.73. The van der Waals surface area contributed by atoms with Gasteiger partial charge in [0.05, 0.1) is 5.52 Å². The molecule has 102 valence electrons. The van der Waals surface area contributed by atoms with Crippen molar-refractivity contribution in [2.24, 2.45) is 16.8 Å². The molecule has 0 amide bonds. The maximum absolute atomic E-state index is 8.73. The minimum atomic E-state index is -0.00851. The van der Waals surface area contributed by atoms with E-state index < -0.39 is 0 Å². The molecule has 0 spiro atoms. The van der Waals surface area contributed by atoms with E-state index in [1.54, 1.807) is 0 Å². The van der Waals surface area contributed by atoms with E-state index in [2.05, 4.69) is 27.4 Å². The van der Waals surface area contributed by atoms with Gasteiger partial charge in [-0.1, -0.05) is 24.2 Å². The summed E-state index contributed by atoms with van der Waals surface area (Å²) in [6.07, 6.45) is 0. The first-order chi connectivity index (χ1) is 9.17. The number of nitrogens with zero attached hydrogens (tertiary/aromatic N) is 3. The summed E-state index contributed by atoms with van der Waals surface area (Å²) >= 11 is 1.49. The van der Waals surface area contributed by atoms with Gasteiger partial charge in [-0.15, -0.1) is 0 Å². The molecule has 2 aromatic rings. The molecular formula is C13H18N4OS. The number of aromatic nitrogens is 1. The SMILES string of the molecule is CCN(CC(C)C(N)=NO)c1snc2ccccc12. The van der Waals surface area contributed by atoms with Gasteiger partial charge in [-0.2, -0.15) is 4.37 Å². The normalized spacial score (nSPS) is 13.7. The van der Waals surface area contributed by atoms with Gasteiger partial charge in [-0.05, 0) is 30.6 Å². The van der Waals surface area contributed by atoms with E-state index in [4.69, 9.17) is 10.9 Å². The zero-order valence-corrected chi connectivity index (χ0v) is 11.9. The number of fused-ring (bicyclic) bond motifs is 1. The van der Waals surface area contributed by atoms with Crippen LogP contribution < -0.4 is 10.6 Å². The Morgan fingerprint density at radius 3 is 2.95 bits per heavy atom. The van der Waals surface area contributed by atoms with Gasteiger partial charge < -0.3 is 15.8 Å². The highest BCUT2D eigenvalue weighted by atomic mass is 32.1. The average molecular weight is 278 g/mol. The Morgan fingerprint density at radius 1 is 1.53 bits per heavy atom. The van der Waals surface area contributed by atoms with Crippen molar-refractivity contribution in [1.82, 2.24) is 4.37 Å². The fourth-order valence-electron chi connectivity index (χ4n) is 1.98. The van der Waals surface area contributed by atoms with Gasteiger partial charge in [0.2, 0.25) is 0 Å². The van der Waals surface area contributed by atoms with E-state index in [9.17, 15) is 0 Å². The molecule has 1 atom stereocenters. The number of benzene rings is 1. The summed E-state index contributed by atoms with van der Waals surface area (Å²) in [5.41, 5.74) is 6.66. The molecule has 2 rings (SSSR count). The standard InChI is InChI=1S/C13H18N4OS/c1-3-17(8-9(2)12(14)15-18)13-10-6-4-5-7-11(10)16-19-13/h4-7,9,18H,3,8H2,1-2H3,(H2,14,15). The smallest absolute Gasteiger partial charge is 0.143 e. The lowest BCUT2D eigenvalue weighted by Gasteiger charge is -2.24. The number of amidine groups is 1. The fourth-order valence-corrected chi connectivity index (χ4v) is 2.92. The van der Waals surface area contributed by atoms with Gasteiger partial charge in [0.25, 0.3) is 0 Å². The molecule has 1 unspecified atom stereocenters. The summed E-state index contributed by atoms with van der Waals surface area (Å²) in [5.74, 6) is 0.248. The molecule has 1 aromatic carbocycles. The van der Waals surface area contributed by atoms with Gasteiger partial charge in [0.1, 0.15) is 10.8 Å². The summed E-state index contributed by atoms with van der Waals surface area (Å²) in [6, 6.07) is 8.09. The van der Waals surface area contributed by atoms with E-state index in [-0.39, 0.29) is 11.8 Å². The highest BCUT2D eigenvalue weighted by Crippen LogP contribution is 2.31. The molecule has 0 saturated carbocycles. The van der Waals surface area contributed by atoms with Crippen molar-refractivity contribution in [3.63, 3.8) is 0 Å². The zero-order chi connectivity index (χ0) is 13.8. The Kier molecular flexibility index (Phi) is 4.21. The number of oxime groups is 1. The van der Waals surface area contributed by atoms with Crippen LogP contribution in [0, 0.1) is 5.92 Å². The molecule has 19 heavy (non-hydrogen) atoms. The van der Waals surface area contributed by atoms with Crippen molar-refractivity contribution >= 4 is 33.3 Å². The Morgan fingerprint density at radius 2 is 2.26 bits per heavy atom. The number of hydrogen-bond acceptors (Lipinski definition) is 5. The third-order valence-corrected chi connectivity index (χ3v) is 4.09. The lowest BCUT2D eigenvalue weighted by atomic mass is 10.1. The second-order valence-corrected chi connectivity index (χ2v) is 5.22. The second kappa shape index (κ2) is 5.88. The van der Waals surface area contributed by atoms with Crippen molar-refractivity contribution in [3.05, 3.63) is 24.3 Å². The van der Waals surface area contributed by atoms with Gasteiger partial charge in [-0.25, -0.2) is 0 Å². The van der Waals surface area contributed by atoms with Crippen molar-refractivity contribution in [3.8, 4) is 0 Å². The first-order valence-corrected chi connectivity index (χ1v) is 7.01. The minimum Gasteiger partial charge on any atom is -0.409 e. The van der Waals surface area contributed by atoms with Crippen LogP contribution in [0.4, 0.5) is 5.00 Å². The van der Waals surface area contributed by atoms with Crippen molar-refractivity contribution < 1.29 is 5.21 Å². The molecule has 0 aliphatic carbocycles. The van der Waals surface area contributed by atoms with E-state index in [0.29, 0.717) is 6.54 Å². The molecule has 0 saturated heterocycles. The maximum Gasteiger partial charge on any atom is 0.143 e. The van der Waals surface area contributed by atoms with Crippen LogP contribution in [0.1, 0.15) is 13.8 Å². The third kappa shape index (κ3) is 2.78. The van der Waals surface area contributed by atoms with Gasteiger partial charge in [0, 0.05) is 24.4 Å². The second-order valence-electron chi connectivity index (χ2n) is 4.47. The van der Waals surface area contributed by atoms with Crippen molar-refractivity contribution in [1.29, 1.82) is 0 Å². The van der Waals surface area contributed by atoms with Crippen LogP contribution in [0.3, 0.4) is 0 Å². The van der Waals surface area contributed by atoms with Gasteiger partial charge in [-0.3, -0.25) is 0 Å². The van der Waals surface area contributed by atoms with Crippen LogP contribution in [0.25, 0.3) is 10.9 Å². The zero-order valence-electron chi connectivity index (χ0n) is 11.1. The summed E-state index contributed by atoms with van der Waals surface area (Å²) in [5, 5.41) is 14.1. The van der Waals surface area contributed by atoms with Crippen LogP contribution in [0.5, 0.6) is 0 Å². The van der Waals surface area contributed by atoms with Crippen LogP contribution in [0.2, 0.25) is 0 Å². The van der Waals surface area contributed by atoms with E-state index in [1.165, 1.54) is 11.5 Å². The third-order valence-electron chi connectivity index (χ3n) is 3.15. The number of rotatable bonds is 5. The molecule has 1 heterocycles. The highest BCUT2D eigenvalue weighted by Gasteiger charge is 2.17. The molecule has 5 nitrogen and oxygen atoms in total. The highest BCUT2D eigenvalue weighted by molar-refractivity contribution is 7.11. The Balaban J connectivity index is 2.27. The van der Waals surface area contributed by atoms with E-state index in [1.807, 2.05) is 25.1 Å². The first kappa shape index (κ1) is 13.6. The molecule has 0 aliphatic rings. The Bertz CT molecular complexity index is 581. The number of nitrogens with two attached hydrogens (primary N) is 1. The molecule has 6 heteroatoms. The van der Waals surface area contributed by atoms with Crippen molar-refractivity contribution in [2.45, 2.75) is 13.8 Å². The first-order valence-electron chi connectivity index (χ1n) is 6.24. The molecule has 0 bridgehead atoms. The molecular weight excluding hydrogens is 260 g/mol. The van der Waals surface area contributed by atoms with Crippen LogP contribution in [-0.4, -0.2) is 28.5 Å². The molecule has 0 radical (unpaired) electrons. The summed E-state index contributed by atoms with van der Waals surface area (Å²) < 4.78 is 4.45. The molecule has 0 aliphatic heterocycles. The lowest BCUT2D eigenvalue weighted by Crippen LogP contribution is -2.34. The number of anilines is 1. The predicted molar refractivity (Wildman–Crippen MR) is 80.1 cm³/mol. The average Bonchev–Trinajstić information content (AvgIpc) is 2.87. The quantitative estimate of drug-likeness (QED) is 0.381. The molecule has 1 aromatic heterocycles. The minimum absolute atomic E-state index is 0.00851. The van der Waals surface area contributed by atoms with Crippen LogP contribution in [-0.2, 0) is 0 Å². The van der Waals surface area contributed by atoms with Gasteiger partial charge in [0.15, 0.2) is 0 Å². The lowest BCUT2D eigenvalue weighted by molar-refractivity contribution is 0.314.